The van der Waals surface area contributed by atoms with Crippen LogP contribution < -0.4 is 15.5 Å². The number of para-hydroxylation sites is 1. The van der Waals surface area contributed by atoms with E-state index in [2.05, 4.69) is 47.7 Å². The monoisotopic (exact) mass is 517 g/mol. The van der Waals surface area contributed by atoms with E-state index in [1.165, 1.54) is 0 Å². The molecule has 1 amide bonds. The summed E-state index contributed by atoms with van der Waals surface area (Å²) in [4.78, 5) is 29.2. The Morgan fingerprint density at radius 2 is 1.70 bits per heavy atom. The number of anilines is 5. The second kappa shape index (κ2) is 10.4. The molecule has 0 unspecified atom stereocenters. The molecule has 1 saturated heterocycles. The van der Waals surface area contributed by atoms with Crippen LogP contribution in [0.1, 0.15) is 12.7 Å². The lowest BCUT2D eigenvalue weighted by molar-refractivity contribution is -0.129. The van der Waals surface area contributed by atoms with Crippen molar-refractivity contribution < 1.29 is 4.79 Å². The van der Waals surface area contributed by atoms with Crippen LogP contribution >= 0.6 is 11.6 Å². The summed E-state index contributed by atoms with van der Waals surface area (Å²) in [7, 11) is 1.86. The second-order valence-corrected chi connectivity index (χ2v) is 9.24. The van der Waals surface area contributed by atoms with Crippen molar-refractivity contribution in [1.82, 2.24) is 29.6 Å². The molecule has 2 N–H and O–H groups in total. The van der Waals surface area contributed by atoms with Crippen LogP contribution in [0.4, 0.5) is 28.8 Å². The third kappa shape index (κ3) is 5.49. The summed E-state index contributed by atoms with van der Waals surface area (Å²) >= 11 is 6.43. The molecule has 1 aliphatic heterocycles. The fourth-order valence-electron chi connectivity index (χ4n) is 4.17. The summed E-state index contributed by atoms with van der Waals surface area (Å²) in [6, 6.07) is 15.8. The molecule has 0 radical (unpaired) electrons. The summed E-state index contributed by atoms with van der Waals surface area (Å²) < 4.78 is 1.74. The van der Waals surface area contributed by atoms with E-state index in [0.29, 0.717) is 22.6 Å². The number of amides is 1. The van der Waals surface area contributed by atoms with E-state index >= 15 is 0 Å². The molecular formula is C26H28ClN9O. The zero-order chi connectivity index (χ0) is 25.9. The van der Waals surface area contributed by atoms with Crippen LogP contribution in [0.15, 0.2) is 54.7 Å². The Kier molecular flexibility index (Phi) is 6.91. The number of carbonyl (C=O) groups excluding carboxylic acids is 1. The molecule has 1 aliphatic rings. The maximum Gasteiger partial charge on any atom is 0.229 e. The van der Waals surface area contributed by atoms with Crippen molar-refractivity contribution >= 4 is 46.3 Å². The summed E-state index contributed by atoms with van der Waals surface area (Å²) in [5.41, 5.74) is 3.60. The summed E-state index contributed by atoms with van der Waals surface area (Å²) in [5, 5.41) is 11.4. The van der Waals surface area contributed by atoms with Crippen LogP contribution in [0.25, 0.3) is 11.4 Å². The largest absolute Gasteiger partial charge is 0.368 e. The Labute approximate surface area is 220 Å². The molecular weight excluding hydrogens is 490 g/mol. The second-order valence-electron chi connectivity index (χ2n) is 8.83. The highest BCUT2D eigenvalue weighted by molar-refractivity contribution is 6.33. The van der Waals surface area contributed by atoms with E-state index in [1.54, 1.807) is 17.8 Å². The molecule has 0 saturated carbocycles. The standard InChI is InChI=1S/C26H28ClN9O/c1-17-29-24(33-34(17)3)21-6-4-5-7-23(21)31-25-22(27)16-28-26(32-25)30-19-8-10-20(11-9-19)36-14-12-35(13-15-36)18(2)37/h4-11,16H,12-15H2,1-3H3,(H2,28,30,31,32). The fraction of sp³-hybridized carbons (Fsp3) is 0.269. The van der Waals surface area contributed by atoms with Gasteiger partial charge in [0.2, 0.25) is 11.9 Å². The molecule has 10 nitrogen and oxygen atoms in total. The van der Waals surface area contributed by atoms with Gasteiger partial charge in [0, 0.05) is 57.1 Å². The molecule has 37 heavy (non-hydrogen) atoms. The van der Waals surface area contributed by atoms with Crippen molar-refractivity contribution in [3.8, 4) is 11.4 Å². The Hall–Kier alpha value is -4.18. The normalized spacial score (nSPS) is 13.5. The summed E-state index contributed by atoms with van der Waals surface area (Å²) in [5.74, 6) is 2.45. The number of halogens is 1. The van der Waals surface area contributed by atoms with Crippen molar-refractivity contribution in [3.63, 3.8) is 0 Å². The number of nitrogens with one attached hydrogen (secondary N) is 2. The van der Waals surface area contributed by atoms with Crippen LogP contribution in [-0.4, -0.2) is 61.7 Å². The third-order valence-corrected chi connectivity index (χ3v) is 6.64. The molecule has 2 aromatic heterocycles. The number of aryl methyl sites for hydroxylation is 2. The Morgan fingerprint density at radius 1 is 0.973 bits per heavy atom. The number of hydrogen-bond donors (Lipinski definition) is 2. The van der Waals surface area contributed by atoms with Crippen molar-refractivity contribution in [3.05, 3.63) is 65.6 Å². The summed E-state index contributed by atoms with van der Waals surface area (Å²) in [6.07, 6.45) is 1.56. The molecule has 2 aromatic carbocycles. The first-order chi connectivity index (χ1) is 17.9. The van der Waals surface area contributed by atoms with E-state index < -0.39 is 0 Å². The number of nitrogens with zero attached hydrogens (tertiary/aromatic N) is 7. The highest BCUT2D eigenvalue weighted by Gasteiger charge is 2.19. The molecule has 5 rings (SSSR count). The zero-order valence-electron chi connectivity index (χ0n) is 20.9. The highest BCUT2D eigenvalue weighted by atomic mass is 35.5. The molecule has 0 spiro atoms. The van der Waals surface area contributed by atoms with E-state index in [1.807, 2.05) is 55.3 Å². The van der Waals surface area contributed by atoms with Gasteiger partial charge >= 0.3 is 0 Å². The number of aromatic nitrogens is 5. The van der Waals surface area contributed by atoms with Crippen molar-refractivity contribution in [2.75, 3.05) is 41.7 Å². The van der Waals surface area contributed by atoms with Gasteiger partial charge in [0.15, 0.2) is 11.6 Å². The van der Waals surface area contributed by atoms with Crippen LogP contribution in [0.3, 0.4) is 0 Å². The van der Waals surface area contributed by atoms with E-state index in [0.717, 1.165) is 54.6 Å². The number of carbonyl (C=O) groups is 1. The SMILES string of the molecule is CC(=O)N1CCN(c2ccc(Nc3ncc(Cl)c(Nc4ccccc4-c4nc(C)n(C)n4)n3)cc2)CC1. The van der Waals surface area contributed by atoms with Crippen molar-refractivity contribution in [2.45, 2.75) is 13.8 Å². The van der Waals surface area contributed by atoms with Gasteiger partial charge in [-0.2, -0.15) is 10.1 Å². The predicted molar refractivity (Wildman–Crippen MR) is 146 cm³/mol. The van der Waals surface area contributed by atoms with Gasteiger partial charge in [0.25, 0.3) is 0 Å². The van der Waals surface area contributed by atoms with Crippen LogP contribution in [0.5, 0.6) is 0 Å². The van der Waals surface area contributed by atoms with E-state index in [4.69, 9.17) is 11.6 Å². The number of piperazine rings is 1. The number of benzene rings is 2. The molecule has 0 atom stereocenters. The van der Waals surface area contributed by atoms with Crippen LogP contribution in [0.2, 0.25) is 5.02 Å². The molecule has 3 heterocycles. The molecule has 0 bridgehead atoms. The van der Waals surface area contributed by atoms with Crippen molar-refractivity contribution in [2.24, 2.45) is 7.05 Å². The van der Waals surface area contributed by atoms with Gasteiger partial charge in [-0.1, -0.05) is 23.7 Å². The molecule has 0 aliphatic carbocycles. The van der Waals surface area contributed by atoms with E-state index in [-0.39, 0.29) is 5.91 Å². The first kappa shape index (κ1) is 24.5. The van der Waals surface area contributed by atoms with E-state index in [9.17, 15) is 4.79 Å². The quantitative estimate of drug-likeness (QED) is 0.388. The average molecular weight is 518 g/mol. The predicted octanol–water partition coefficient (Wildman–Crippen LogP) is 4.39. The fourth-order valence-corrected chi connectivity index (χ4v) is 4.31. The molecule has 11 heteroatoms. The maximum atomic E-state index is 11.6. The summed E-state index contributed by atoms with van der Waals surface area (Å²) in [6.45, 7) is 6.64. The first-order valence-corrected chi connectivity index (χ1v) is 12.4. The van der Waals surface area contributed by atoms with Gasteiger partial charge in [0.1, 0.15) is 10.8 Å². The van der Waals surface area contributed by atoms with Crippen molar-refractivity contribution in [1.29, 1.82) is 0 Å². The first-order valence-electron chi connectivity index (χ1n) is 12.0. The Balaban J connectivity index is 1.30. The highest BCUT2D eigenvalue weighted by Crippen LogP contribution is 2.31. The lowest BCUT2D eigenvalue weighted by Gasteiger charge is -2.35. The maximum absolute atomic E-state index is 11.6. The van der Waals surface area contributed by atoms with Gasteiger partial charge < -0.3 is 20.4 Å². The molecule has 4 aromatic rings. The number of hydrogen-bond acceptors (Lipinski definition) is 8. The van der Waals surface area contributed by atoms with Gasteiger partial charge in [-0.25, -0.2) is 9.97 Å². The lowest BCUT2D eigenvalue weighted by atomic mass is 10.1. The lowest BCUT2D eigenvalue weighted by Crippen LogP contribution is -2.48. The molecule has 190 valence electrons. The smallest absolute Gasteiger partial charge is 0.229 e. The van der Waals surface area contributed by atoms with Gasteiger partial charge in [0.05, 0.1) is 11.9 Å². The Bertz CT molecular complexity index is 1390. The molecule has 1 fully saturated rings. The van der Waals surface area contributed by atoms with Gasteiger partial charge in [-0.3, -0.25) is 9.48 Å². The van der Waals surface area contributed by atoms with Crippen LogP contribution in [0, 0.1) is 6.92 Å². The van der Waals surface area contributed by atoms with Crippen LogP contribution in [-0.2, 0) is 11.8 Å². The Morgan fingerprint density at radius 3 is 2.38 bits per heavy atom. The average Bonchev–Trinajstić information content (AvgIpc) is 3.24. The minimum atomic E-state index is 0.128. The number of rotatable bonds is 6. The minimum Gasteiger partial charge on any atom is -0.368 e. The topological polar surface area (TPSA) is 104 Å². The van der Waals surface area contributed by atoms with Gasteiger partial charge in [-0.05, 0) is 43.3 Å². The zero-order valence-corrected chi connectivity index (χ0v) is 21.7. The third-order valence-electron chi connectivity index (χ3n) is 6.36. The minimum absolute atomic E-state index is 0.128. The van der Waals surface area contributed by atoms with Gasteiger partial charge in [-0.15, -0.1) is 0 Å².